The summed E-state index contributed by atoms with van der Waals surface area (Å²) < 4.78 is 1.20. The van der Waals surface area contributed by atoms with Gasteiger partial charge in [-0.2, -0.15) is 0 Å². The molecule has 0 saturated carbocycles. The van der Waals surface area contributed by atoms with Crippen LogP contribution in [0, 0.1) is 0 Å². The number of nitrogens with one attached hydrogen (secondary N) is 1. The lowest BCUT2D eigenvalue weighted by Crippen LogP contribution is -2.37. The van der Waals surface area contributed by atoms with E-state index in [1.807, 2.05) is 50.2 Å². The molecule has 0 atom stereocenters. The third kappa shape index (κ3) is 4.34. The van der Waals surface area contributed by atoms with E-state index in [0.717, 1.165) is 11.3 Å². The highest BCUT2D eigenvalue weighted by atomic mass is 16.2. The fourth-order valence-corrected chi connectivity index (χ4v) is 2.31. The van der Waals surface area contributed by atoms with Crippen LogP contribution in [0.4, 0.5) is 5.69 Å². The van der Waals surface area contributed by atoms with Gasteiger partial charge in [-0.3, -0.25) is 19.1 Å². The molecule has 2 rings (SSSR count). The van der Waals surface area contributed by atoms with Crippen molar-refractivity contribution < 1.29 is 4.79 Å². The quantitative estimate of drug-likeness (QED) is 0.843. The van der Waals surface area contributed by atoms with Crippen molar-refractivity contribution in [3.05, 3.63) is 62.9 Å². The molecule has 0 saturated heterocycles. The van der Waals surface area contributed by atoms with Gasteiger partial charge < -0.3 is 9.80 Å². The third-order valence-electron chi connectivity index (χ3n) is 3.76. The van der Waals surface area contributed by atoms with Crippen LogP contribution >= 0.6 is 0 Å². The standard InChI is InChI=1S/C17H22N4O3/c1-4-20(11-13-5-7-14(8-6-13)19(2)3)16(23)12-21-10-9-15(22)18-17(21)24/h5-10H,4,11-12H2,1-3H3,(H,18,22,24). The monoisotopic (exact) mass is 330 g/mol. The van der Waals surface area contributed by atoms with Gasteiger partial charge >= 0.3 is 5.69 Å². The Hall–Kier alpha value is -2.83. The lowest BCUT2D eigenvalue weighted by molar-refractivity contribution is -0.132. The van der Waals surface area contributed by atoms with Gasteiger partial charge in [0.1, 0.15) is 6.54 Å². The van der Waals surface area contributed by atoms with Gasteiger partial charge in [0.2, 0.25) is 5.91 Å². The summed E-state index contributed by atoms with van der Waals surface area (Å²) in [7, 11) is 3.94. The van der Waals surface area contributed by atoms with Crippen molar-refractivity contribution in [2.45, 2.75) is 20.0 Å². The summed E-state index contributed by atoms with van der Waals surface area (Å²) in [5, 5.41) is 0. The number of likely N-dealkylation sites (N-methyl/N-ethyl adjacent to an activating group) is 1. The van der Waals surface area contributed by atoms with Crippen molar-refractivity contribution in [2.75, 3.05) is 25.5 Å². The van der Waals surface area contributed by atoms with Gasteiger partial charge in [-0.25, -0.2) is 4.79 Å². The topological polar surface area (TPSA) is 78.4 Å². The van der Waals surface area contributed by atoms with Crippen molar-refractivity contribution in [1.82, 2.24) is 14.5 Å². The highest BCUT2D eigenvalue weighted by Crippen LogP contribution is 2.14. The Balaban J connectivity index is 2.08. The van der Waals surface area contributed by atoms with Crippen molar-refractivity contribution in [2.24, 2.45) is 0 Å². The van der Waals surface area contributed by atoms with Gasteiger partial charge in [0.05, 0.1) is 0 Å². The van der Waals surface area contributed by atoms with Crippen LogP contribution < -0.4 is 16.1 Å². The van der Waals surface area contributed by atoms with Crippen LogP contribution in [0.5, 0.6) is 0 Å². The van der Waals surface area contributed by atoms with Crippen LogP contribution in [0.25, 0.3) is 0 Å². The first-order chi connectivity index (χ1) is 11.4. The second-order valence-electron chi connectivity index (χ2n) is 5.71. The van der Waals surface area contributed by atoms with E-state index in [1.54, 1.807) is 4.90 Å². The molecule has 0 fully saturated rings. The lowest BCUT2D eigenvalue weighted by atomic mass is 10.2. The maximum absolute atomic E-state index is 12.4. The summed E-state index contributed by atoms with van der Waals surface area (Å²) in [6.45, 7) is 2.80. The zero-order valence-corrected chi connectivity index (χ0v) is 14.2. The number of aromatic nitrogens is 2. The molecular weight excluding hydrogens is 308 g/mol. The molecule has 2 aromatic rings. The highest BCUT2D eigenvalue weighted by molar-refractivity contribution is 5.76. The molecule has 1 aromatic heterocycles. The predicted molar refractivity (Wildman–Crippen MR) is 93.2 cm³/mol. The van der Waals surface area contributed by atoms with Crippen LogP contribution in [-0.2, 0) is 17.9 Å². The van der Waals surface area contributed by atoms with E-state index in [4.69, 9.17) is 0 Å². The molecule has 0 aliphatic carbocycles. The number of hydrogen-bond donors (Lipinski definition) is 1. The molecule has 128 valence electrons. The smallest absolute Gasteiger partial charge is 0.328 e. The highest BCUT2D eigenvalue weighted by Gasteiger charge is 2.13. The van der Waals surface area contributed by atoms with Crippen molar-refractivity contribution >= 4 is 11.6 Å². The number of benzene rings is 1. The maximum atomic E-state index is 12.4. The van der Waals surface area contributed by atoms with Crippen LogP contribution in [0.2, 0.25) is 0 Å². The number of anilines is 1. The van der Waals surface area contributed by atoms with Crippen LogP contribution in [0.3, 0.4) is 0 Å². The predicted octanol–water partition coefficient (Wildman–Crippen LogP) is 0.651. The third-order valence-corrected chi connectivity index (χ3v) is 3.76. The molecule has 1 amide bonds. The zero-order chi connectivity index (χ0) is 17.7. The van der Waals surface area contributed by atoms with Crippen LogP contribution in [-0.4, -0.2) is 41.0 Å². The van der Waals surface area contributed by atoms with E-state index in [0.29, 0.717) is 13.1 Å². The Bertz CT molecular complexity index is 806. The van der Waals surface area contributed by atoms with E-state index in [-0.39, 0.29) is 12.5 Å². The van der Waals surface area contributed by atoms with E-state index in [2.05, 4.69) is 4.98 Å². The maximum Gasteiger partial charge on any atom is 0.328 e. The molecule has 1 aromatic carbocycles. The molecule has 0 unspecified atom stereocenters. The molecule has 0 radical (unpaired) electrons. The van der Waals surface area contributed by atoms with Gasteiger partial charge in [-0.15, -0.1) is 0 Å². The number of nitrogens with zero attached hydrogens (tertiary/aromatic N) is 3. The molecule has 7 heteroatoms. The number of carbonyl (C=O) groups excluding carboxylic acids is 1. The Morgan fingerprint density at radius 1 is 1.12 bits per heavy atom. The Kier molecular flexibility index (Phi) is 5.57. The van der Waals surface area contributed by atoms with Crippen molar-refractivity contribution in [3.8, 4) is 0 Å². The molecule has 0 aliphatic rings. The number of carbonyl (C=O) groups is 1. The molecule has 24 heavy (non-hydrogen) atoms. The van der Waals surface area contributed by atoms with Gasteiger partial charge in [0, 0.05) is 45.1 Å². The Morgan fingerprint density at radius 3 is 2.33 bits per heavy atom. The van der Waals surface area contributed by atoms with E-state index in [1.165, 1.54) is 16.8 Å². The summed E-state index contributed by atoms with van der Waals surface area (Å²) >= 11 is 0. The first-order valence-electron chi connectivity index (χ1n) is 7.74. The molecule has 0 bridgehead atoms. The second-order valence-corrected chi connectivity index (χ2v) is 5.71. The number of rotatable bonds is 6. The molecule has 7 nitrogen and oxygen atoms in total. The van der Waals surface area contributed by atoms with E-state index in [9.17, 15) is 14.4 Å². The normalized spacial score (nSPS) is 10.5. The summed E-state index contributed by atoms with van der Waals surface area (Å²) in [6.07, 6.45) is 1.33. The molecular formula is C17H22N4O3. The minimum atomic E-state index is -0.581. The molecule has 0 aliphatic heterocycles. The van der Waals surface area contributed by atoms with Gasteiger partial charge in [0.25, 0.3) is 5.56 Å². The first kappa shape index (κ1) is 17.5. The first-order valence-corrected chi connectivity index (χ1v) is 7.74. The number of H-pyrrole nitrogens is 1. The van der Waals surface area contributed by atoms with E-state index >= 15 is 0 Å². The number of aromatic amines is 1. The molecule has 0 spiro atoms. The van der Waals surface area contributed by atoms with E-state index < -0.39 is 11.2 Å². The van der Waals surface area contributed by atoms with Crippen LogP contribution in [0.1, 0.15) is 12.5 Å². The zero-order valence-electron chi connectivity index (χ0n) is 14.2. The average molecular weight is 330 g/mol. The fourth-order valence-electron chi connectivity index (χ4n) is 2.31. The van der Waals surface area contributed by atoms with Gasteiger partial charge in [-0.1, -0.05) is 12.1 Å². The summed E-state index contributed by atoms with van der Waals surface area (Å²) in [6, 6.07) is 9.19. The Morgan fingerprint density at radius 2 is 1.79 bits per heavy atom. The fraction of sp³-hybridized carbons (Fsp3) is 0.353. The van der Waals surface area contributed by atoms with Crippen LogP contribution in [0.15, 0.2) is 46.1 Å². The van der Waals surface area contributed by atoms with Crippen molar-refractivity contribution in [1.29, 1.82) is 0 Å². The number of amides is 1. The lowest BCUT2D eigenvalue weighted by Gasteiger charge is -2.22. The largest absolute Gasteiger partial charge is 0.378 e. The minimum absolute atomic E-state index is 0.0980. The minimum Gasteiger partial charge on any atom is -0.378 e. The van der Waals surface area contributed by atoms with Gasteiger partial charge in [-0.05, 0) is 24.6 Å². The molecule has 1 N–H and O–H groups in total. The summed E-state index contributed by atoms with van der Waals surface area (Å²) in [5.41, 5.74) is 1.05. The number of hydrogen-bond acceptors (Lipinski definition) is 4. The molecule has 1 heterocycles. The Labute approximate surface area is 140 Å². The average Bonchev–Trinajstić information content (AvgIpc) is 2.55. The SMILES string of the molecule is CCN(Cc1ccc(N(C)C)cc1)C(=O)Cn1ccc(=O)[nH]c1=O. The summed E-state index contributed by atoms with van der Waals surface area (Å²) in [5.74, 6) is -0.177. The summed E-state index contributed by atoms with van der Waals surface area (Å²) in [4.78, 5) is 41.0. The van der Waals surface area contributed by atoms with Gasteiger partial charge in [0.15, 0.2) is 0 Å². The van der Waals surface area contributed by atoms with Crippen molar-refractivity contribution in [3.63, 3.8) is 0 Å². The second kappa shape index (κ2) is 7.63.